The molecular formula is C20H40O3. The van der Waals surface area contributed by atoms with Gasteiger partial charge < -0.3 is 15.3 Å². The molecule has 23 heavy (non-hydrogen) atoms. The molecule has 0 aromatic heterocycles. The van der Waals surface area contributed by atoms with Gasteiger partial charge in [0.05, 0.1) is 18.8 Å². The van der Waals surface area contributed by atoms with E-state index in [1.165, 1.54) is 70.6 Å². The van der Waals surface area contributed by atoms with E-state index in [9.17, 15) is 10.2 Å². The molecule has 3 heteroatoms. The standard InChI is InChI=1S/C20H40O3/c1-2-3-4-5-6-7-8-9-10-11-12-13-14-15-16-19(22)17-20(23)18-21/h2,19-23H,1,3-18H2/t19-,20-/m1/s1. The molecule has 0 rings (SSSR count). The molecule has 0 saturated carbocycles. The first-order valence-electron chi connectivity index (χ1n) is 9.78. The van der Waals surface area contributed by atoms with Gasteiger partial charge >= 0.3 is 0 Å². The van der Waals surface area contributed by atoms with Gasteiger partial charge in [0, 0.05) is 6.42 Å². The summed E-state index contributed by atoms with van der Waals surface area (Å²) >= 11 is 0. The topological polar surface area (TPSA) is 60.7 Å². The minimum Gasteiger partial charge on any atom is -0.394 e. The van der Waals surface area contributed by atoms with Crippen molar-refractivity contribution in [1.29, 1.82) is 0 Å². The van der Waals surface area contributed by atoms with Gasteiger partial charge in [0.25, 0.3) is 0 Å². The molecule has 0 saturated heterocycles. The van der Waals surface area contributed by atoms with Crippen LogP contribution in [0.4, 0.5) is 0 Å². The Kier molecular flexibility index (Phi) is 17.7. The van der Waals surface area contributed by atoms with E-state index in [4.69, 9.17) is 5.11 Å². The van der Waals surface area contributed by atoms with Gasteiger partial charge in [-0.15, -0.1) is 6.58 Å². The fraction of sp³-hybridized carbons (Fsp3) is 0.900. The van der Waals surface area contributed by atoms with Crippen LogP contribution < -0.4 is 0 Å². The Labute approximate surface area is 143 Å². The molecular weight excluding hydrogens is 288 g/mol. The van der Waals surface area contributed by atoms with Crippen molar-refractivity contribution in [2.75, 3.05) is 6.61 Å². The van der Waals surface area contributed by atoms with E-state index in [1.807, 2.05) is 6.08 Å². The molecule has 0 aliphatic carbocycles. The summed E-state index contributed by atoms with van der Waals surface area (Å²) in [5.41, 5.74) is 0. The average Bonchev–Trinajstić information content (AvgIpc) is 2.55. The van der Waals surface area contributed by atoms with Gasteiger partial charge in [-0.2, -0.15) is 0 Å². The third-order valence-corrected chi connectivity index (χ3v) is 4.45. The van der Waals surface area contributed by atoms with E-state index in [2.05, 4.69) is 6.58 Å². The highest BCUT2D eigenvalue weighted by Gasteiger charge is 2.10. The van der Waals surface area contributed by atoms with Crippen LogP contribution in [-0.2, 0) is 0 Å². The minimum absolute atomic E-state index is 0.258. The zero-order valence-corrected chi connectivity index (χ0v) is 15.1. The minimum atomic E-state index is -0.771. The number of aliphatic hydroxyl groups excluding tert-OH is 3. The Hall–Kier alpha value is -0.380. The van der Waals surface area contributed by atoms with Crippen LogP contribution in [0.3, 0.4) is 0 Å². The molecule has 0 aliphatic rings. The predicted molar refractivity (Wildman–Crippen MR) is 98.6 cm³/mol. The molecule has 0 amide bonds. The SMILES string of the molecule is C=CCCCCCCCCCCCCCC[C@@H](O)C[C@@H](O)CO. The maximum atomic E-state index is 9.67. The lowest BCUT2D eigenvalue weighted by atomic mass is 10.0. The van der Waals surface area contributed by atoms with Crippen LogP contribution in [-0.4, -0.2) is 34.1 Å². The molecule has 0 fully saturated rings. The van der Waals surface area contributed by atoms with Gasteiger partial charge in [-0.05, 0) is 19.3 Å². The predicted octanol–water partition coefficient (Wildman–Crippen LogP) is 4.74. The molecule has 0 spiro atoms. The van der Waals surface area contributed by atoms with E-state index < -0.39 is 12.2 Å². The first-order valence-corrected chi connectivity index (χ1v) is 9.78. The summed E-state index contributed by atoms with van der Waals surface area (Å²) in [5.74, 6) is 0. The van der Waals surface area contributed by atoms with E-state index in [0.29, 0.717) is 6.42 Å². The van der Waals surface area contributed by atoms with E-state index >= 15 is 0 Å². The molecule has 3 nitrogen and oxygen atoms in total. The van der Waals surface area contributed by atoms with Crippen molar-refractivity contribution in [3.63, 3.8) is 0 Å². The first-order chi connectivity index (χ1) is 11.2. The van der Waals surface area contributed by atoms with E-state index in [-0.39, 0.29) is 6.61 Å². The summed E-state index contributed by atoms with van der Waals surface area (Å²) in [6, 6.07) is 0. The molecule has 0 heterocycles. The molecule has 0 bridgehead atoms. The third kappa shape index (κ3) is 17.8. The number of aliphatic hydroxyl groups is 3. The van der Waals surface area contributed by atoms with Crippen molar-refractivity contribution in [1.82, 2.24) is 0 Å². The van der Waals surface area contributed by atoms with Crippen LogP contribution in [0.1, 0.15) is 96.3 Å². The van der Waals surface area contributed by atoms with Crippen molar-refractivity contribution in [2.24, 2.45) is 0 Å². The number of hydrogen-bond acceptors (Lipinski definition) is 3. The lowest BCUT2D eigenvalue weighted by molar-refractivity contribution is 0.0380. The highest BCUT2D eigenvalue weighted by Crippen LogP contribution is 2.14. The lowest BCUT2D eigenvalue weighted by Crippen LogP contribution is -2.20. The van der Waals surface area contributed by atoms with Crippen LogP contribution in [0, 0.1) is 0 Å². The largest absolute Gasteiger partial charge is 0.394 e. The molecule has 0 unspecified atom stereocenters. The maximum Gasteiger partial charge on any atom is 0.0795 e. The smallest absolute Gasteiger partial charge is 0.0795 e. The average molecular weight is 329 g/mol. The molecule has 2 atom stereocenters. The molecule has 0 aromatic carbocycles. The van der Waals surface area contributed by atoms with Crippen LogP contribution in [0.2, 0.25) is 0 Å². The monoisotopic (exact) mass is 328 g/mol. The highest BCUT2D eigenvalue weighted by atomic mass is 16.3. The van der Waals surface area contributed by atoms with Crippen LogP contribution in [0.5, 0.6) is 0 Å². The number of hydrogen-bond donors (Lipinski definition) is 3. The Balaban J connectivity index is 3.11. The van der Waals surface area contributed by atoms with Crippen LogP contribution in [0.15, 0.2) is 12.7 Å². The molecule has 0 aliphatic heterocycles. The van der Waals surface area contributed by atoms with E-state index in [1.54, 1.807) is 0 Å². The lowest BCUT2D eigenvalue weighted by Gasteiger charge is -2.13. The maximum absolute atomic E-state index is 9.67. The Bertz CT molecular complexity index is 243. The van der Waals surface area contributed by atoms with Crippen molar-refractivity contribution >= 4 is 0 Å². The molecule has 0 aromatic rings. The normalized spacial score (nSPS) is 13.9. The molecule has 138 valence electrons. The number of rotatable bonds is 18. The summed E-state index contributed by atoms with van der Waals surface area (Å²) in [7, 11) is 0. The van der Waals surface area contributed by atoms with Gasteiger partial charge in [-0.25, -0.2) is 0 Å². The summed E-state index contributed by atoms with van der Waals surface area (Å²) in [5, 5.41) is 27.6. The fourth-order valence-electron chi connectivity index (χ4n) is 2.94. The molecule has 3 N–H and O–H groups in total. The van der Waals surface area contributed by atoms with Gasteiger partial charge in [0.15, 0.2) is 0 Å². The summed E-state index contributed by atoms with van der Waals surface area (Å²) < 4.78 is 0. The quantitative estimate of drug-likeness (QED) is 0.252. The van der Waals surface area contributed by atoms with Crippen molar-refractivity contribution in [3.05, 3.63) is 12.7 Å². The summed E-state index contributed by atoms with van der Waals surface area (Å²) in [6.45, 7) is 3.49. The highest BCUT2D eigenvalue weighted by molar-refractivity contribution is 4.65. The van der Waals surface area contributed by atoms with Gasteiger partial charge in [0.1, 0.15) is 0 Å². The second-order valence-corrected chi connectivity index (χ2v) is 6.83. The Morgan fingerprint density at radius 1 is 0.652 bits per heavy atom. The van der Waals surface area contributed by atoms with Gasteiger partial charge in [-0.3, -0.25) is 0 Å². The second kappa shape index (κ2) is 18.0. The van der Waals surface area contributed by atoms with Crippen LogP contribution >= 0.6 is 0 Å². The number of allylic oxidation sites excluding steroid dienone is 1. The zero-order valence-electron chi connectivity index (χ0n) is 15.1. The van der Waals surface area contributed by atoms with Crippen molar-refractivity contribution in [2.45, 2.75) is 109 Å². The third-order valence-electron chi connectivity index (χ3n) is 4.45. The second-order valence-electron chi connectivity index (χ2n) is 6.83. The van der Waals surface area contributed by atoms with Gasteiger partial charge in [-0.1, -0.05) is 76.7 Å². The van der Waals surface area contributed by atoms with E-state index in [0.717, 1.165) is 19.3 Å². The zero-order chi connectivity index (χ0) is 17.2. The Morgan fingerprint density at radius 3 is 1.52 bits per heavy atom. The van der Waals surface area contributed by atoms with Crippen molar-refractivity contribution in [3.8, 4) is 0 Å². The molecule has 0 radical (unpaired) electrons. The van der Waals surface area contributed by atoms with Gasteiger partial charge in [0.2, 0.25) is 0 Å². The van der Waals surface area contributed by atoms with Crippen LogP contribution in [0.25, 0.3) is 0 Å². The summed E-state index contributed by atoms with van der Waals surface area (Å²) in [4.78, 5) is 0. The Morgan fingerprint density at radius 2 is 1.09 bits per heavy atom. The summed E-state index contributed by atoms with van der Waals surface area (Å²) in [6.07, 6.45) is 18.6. The fourth-order valence-corrected chi connectivity index (χ4v) is 2.94. The van der Waals surface area contributed by atoms with Crippen molar-refractivity contribution < 1.29 is 15.3 Å². The first kappa shape index (κ1) is 22.6. The number of unbranched alkanes of at least 4 members (excludes halogenated alkanes) is 12.